The van der Waals surface area contributed by atoms with Gasteiger partial charge in [0.1, 0.15) is 5.75 Å². The van der Waals surface area contributed by atoms with Gasteiger partial charge in [-0.1, -0.05) is 48.5 Å². The SMILES string of the molecule is CS(=O)(=O)Nc1cc(CC(O)CNC(Cc2ccccc2)c2ccc(C#N)cc2)ccc1O. The largest absolute Gasteiger partial charge is 0.506 e. The summed E-state index contributed by atoms with van der Waals surface area (Å²) in [5.41, 5.74) is 3.50. The molecule has 2 unspecified atom stereocenters. The van der Waals surface area contributed by atoms with Crippen LogP contribution in [0.25, 0.3) is 0 Å². The van der Waals surface area contributed by atoms with Gasteiger partial charge in [-0.2, -0.15) is 5.26 Å². The van der Waals surface area contributed by atoms with E-state index in [0.29, 0.717) is 24.1 Å². The van der Waals surface area contributed by atoms with Crippen LogP contribution in [0.1, 0.15) is 28.3 Å². The van der Waals surface area contributed by atoms with Crippen LogP contribution < -0.4 is 10.0 Å². The van der Waals surface area contributed by atoms with Gasteiger partial charge in [-0.3, -0.25) is 4.72 Å². The minimum Gasteiger partial charge on any atom is -0.506 e. The van der Waals surface area contributed by atoms with Crippen LogP contribution >= 0.6 is 0 Å². The maximum atomic E-state index is 11.5. The molecule has 0 saturated carbocycles. The average Bonchev–Trinajstić information content (AvgIpc) is 2.79. The van der Waals surface area contributed by atoms with Crippen LogP contribution in [0.4, 0.5) is 5.69 Å². The Kier molecular flexibility index (Phi) is 8.06. The molecule has 3 aromatic rings. The molecular weight excluding hydrogens is 438 g/mol. The predicted molar refractivity (Wildman–Crippen MR) is 128 cm³/mol. The van der Waals surface area contributed by atoms with E-state index in [1.807, 2.05) is 42.5 Å². The van der Waals surface area contributed by atoms with Gasteiger partial charge in [-0.15, -0.1) is 0 Å². The number of anilines is 1. The predicted octanol–water partition coefficient (Wildman–Crippen LogP) is 3.11. The summed E-state index contributed by atoms with van der Waals surface area (Å²) in [6.07, 6.45) is 1.25. The molecule has 0 aliphatic rings. The van der Waals surface area contributed by atoms with Gasteiger partial charge in [0.15, 0.2) is 0 Å². The summed E-state index contributed by atoms with van der Waals surface area (Å²) >= 11 is 0. The number of hydrogen-bond donors (Lipinski definition) is 4. The molecule has 7 nitrogen and oxygen atoms in total. The lowest BCUT2D eigenvalue weighted by Gasteiger charge is -2.22. The van der Waals surface area contributed by atoms with Crippen LogP contribution in [-0.4, -0.2) is 37.5 Å². The highest BCUT2D eigenvalue weighted by Crippen LogP contribution is 2.26. The first-order valence-electron chi connectivity index (χ1n) is 10.5. The number of nitrogens with one attached hydrogen (secondary N) is 2. The Morgan fingerprint density at radius 1 is 0.970 bits per heavy atom. The van der Waals surface area contributed by atoms with E-state index in [4.69, 9.17) is 5.26 Å². The molecule has 2 atom stereocenters. The molecule has 0 heterocycles. The van der Waals surface area contributed by atoms with E-state index >= 15 is 0 Å². The zero-order chi connectivity index (χ0) is 23.8. The second-order valence-corrected chi connectivity index (χ2v) is 9.72. The molecule has 0 amide bonds. The van der Waals surface area contributed by atoms with E-state index in [1.54, 1.807) is 18.2 Å². The number of rotatable bonds is 10. The van der Waals surface area contributed by atoms with Crippen molar-refractivity contribution in [3.8, 4) is 11.8 Å². The van der Waals surface area contributed by atoms with Crippen molar-refractivity contribution in [3.63, 3.8) is 0 Å². The maximum Gasteiger partial charge on any atom is 0.229 e. The van der Waals surface area contributed by atoms with E-state index in [2.05, 4.69) is 16.1 Å². The van der Waals surface area contributed by atoms with E-state index < -0.39 is 16.1 Å². The summed E-state index contributed by atoms with van der Waals surface area (Å²) in [6, 6.07) is 24.0. The fraction of sp³-hybridized carbons (Fsp3) is 0.240. The first-order chi connectivity index (χ1) is 15.7. The molecule has 33 heavy (non-hydrogen) atoms. The normalized spacial score (nSPS) is 13.1. The quantitative estimate of drug-likeness (QED) is 0.341. The Balaban J connectivity index is 1.69. The van der Waals surface area contributed by atoms with Crippen molar-refractivity contribution in [1.82, 2.24) is 5.32 Å². The lowest BCUT2D eigenvalue weighted by atomic mass is 9.97. The topological polar surface area (TPSA) is 122 Å². The smallest absolute Gasteiger partial charge is 0.229 e. The van der Waals surface area contributed by atoms with E-state index in [1.165, 1.54) is 12.1 Å². The molecule has 0 fully saturated rings. The van der Waals surface area contributed by atoms with Gasteiger partial charge in [0, 0.05) is 12.6 Å². The molecule has 0 radical (unpaired) electrons. The number of phenolic OH excluding ortho intramolecular Hbond substituents is 1. The maximum absolute atomic E-state index is 11.5. The number of aliphatic hydroxyl groups excluding tert-OH is 1. The van der Waals surface area contributed by atoms with Gasteiger partial charge in [0.25, 0.3) is 0 Å². The number of sulfonamides is 1. The van der Waals surface area contributed by atoms with Crippen molar-refractivity contribution in [2.24, 2.45) is 0 Å². The Morgan fingerprint density at radius 2 is 1.67 bits per heavy atom. The van der Waals surface area contributed by atoms with Crippen molar-refractivity contribution < 1.29 is 18.6 Å². The molecule has 4 N–H and O–H groups in total. The lowest BCUT2D eigenvalue weighted by Crippen LogP contribution is -2.32. The van der Waals surface area contributed by atoms with Crippen molar-refractivity contribution in [2.75, 3.05) is 17.5 Å². The van der Waals surface area contributed by atoms with Crippen LogP contribution in [0.3, 0.4) is 0 Å². The summed E-state index contributed by atoms with van der Waals surface area (Å²) < 4.78 is 25.3. The third kappa shape index (κ3) is 7.61. The molecule has 3 aromatic carbocycles. The summed E-state index contributed by atoms with van der Waals surface area (Å²) in [4.78, 5) is 0. The highest BCUT2D eigenvalue weighted by Gasteiger charge is 2.16. The Hall–Kier alpha value is -3.38. The van der Waals surface area contributed by atoms with E-state index in [0.717, 1.165) is 17.4 Å². The number of benzene rings is 3. The van der Waals surface area contributed by atoms with Crippen LogP contribution in [0.15, 0.2) is 72.8 Å². The minimum atomic E-state index is -3.54. The fourth-order valence-corrected chi connectivity index (χ4v) is 4.12. The summed E-state index contributed by atoms with van der Waals surface area (Å²) in [7, 11) is -3.54. The van der Waals surface area contributed by atoms with Crippen LogP contribution in [0.5, 0.6) is 5.75 Å². The van der Waals surface area contributed by atoms with E-state index in [9.17, 15) is 18.6 Å². The second kappa shape index (κ2) is 11.0. The van der Waals surface area contributed by atoms with E-state index in [-0.39, 0.29) is 23.9 Å². The van der Waals surface area contributed by atoms with Crippen LogP contribution in [-0.2, 0) is 22.9 Å². The minimum absolute atomic E-state index is 0.0722. The number of aliphatic hydroxyl groups is 1. The van der Waals surface area contributed by atoms with Crippen molar-refractivity contribution in [2.45, 2.75) is 25.0 Å². The third-order valence-electron chi connectivity index (χ3n) is 5.15. The van der Waals surface area contributed by atoms with Gasteiger partial charge in [0.2, 0.25) is 10.0 Å². The van der Waals surface area contributed by atoms with Gasteiger partial charge in [-0.05, 0) is 53.8 Å². The van der Waals surface area contributed by atoms with Crippen LogP contribution in [0.2, 0.25) is 0 Å². The average molecular weight is 466 g/mol. The molecule has 0 spiro atoms. The van der Waals surface area contributed by atoms with Crippen molar-refractivity contribution in [3.05, 3.63) is 95.1 Å². The molecule has 0 aromatic heterocycles. The van der Waals surface area contributed by atoms with Crippen molar-refractivity contribution in [1.29, 1.82) is 5.26 Å². The Morgan fingerprint density at radius 3 is 2.30 bits per heavy atom. The molecule has 3 rings (SSSR count). The molecule has 0 bridgehead atoms. The number of phenols is 1. The van der Waals surface area contributed by atoms with Gasteiger partial charge >= 0.3 is 0 Å². The number of nitriles is 1. The standard InChI is InChI=1S/C25H27N3O4S/c1-33(31,32)28-24-15-20(9-12-25(24)30)13-22(29)17-27-23(14-18-5-3-2-4-6-18)21-10-7-19(16-26)8-11-21/h2-12,15,22-23,27-30H,13-14,17H2,1H3. The molecule has 0 aliphatic heterocycles. The number of nitrogens with zero attached hydrogens (tertiary/aromatic N) is 1. The Bertz CT molecular complexity index is 1210. The second-order valence-electron chi connectivity index (χ2n) is 7.97. The zero-order valence-corrected chi connectivity index (χ0v) is 19.1. The number of aromatic hydroxyl groups is 1. The third-order valence-corrected chi connectivity index (χ3v) is 5.74. The molecule has 0 saturated heterocycles. The van der Waals surface area contributed by atoms with Crippen molar-refractivity contribution >= 4 is 15.7 Å². The fourth-order valence-electron chi connectivity index (χ4n) is 3.56. The number of hydrogen-bond acceptors (Lipinski definition) is 6. The van der Waals surface area contributed by atoms with Gasteiger partial charge < -0.3 is 15.5 Å². The summed E-state index contributed by atoms with van der Waals surface area (Å²) in [5.74, 6) is -0.180. The summed E-state index contributed by atoms with van der Waals surface area (Å²) in [6.45, 7) is 0.299. The summed E-state index contributed by atoms with van der Waals surface area (Å²) in [5, 5.41) is 33.0. The zero-order valence-electron chi connectivity index (χ0n) is 18.3. The van der Waals surface area contributed by atoms with Gasteiger partial charge in [-0.25, -0.2) is 8.42 Å². The molecule has 172 valence electrons. The monoisotopic (exact) mass is 465 g/mol. The van der Waals surface area contributed by atoms with Gasteiger partial charge in [0.05, 0.1) is 29.7 Å². The first-order valence-corrected chi connectivity index (χ1v) is 12.4. The molecule has 8 heteroatoms. The first kappa shape index (κ1) is 24.3. The molecular formula is C25H27N3O4S. The lowest BCUT2D eigenvalue weighted by molar-refractivity contribution is 0.167. The highest BCUT2D eigenvalue weighted by molar-refractivity contribution is 7.92. The molecule has 0 aliphatic carbocycles. The Labute approximate surface area is 194 Å². The highest BCUT2D eigenvalue weighted by atomic mass is 32.2. The van der Waals surface area contributed by atoms with Crippen LogP contribution in [0, 0.1) is 11.3 Å².